The van der Waals surface area contributed by atoms with Crippen molar-refractivity contribution in [1.29, 1.82) is 0 Å². The summed E-state index contributed by atoms with van der Waals surface area (Å²) in [6.45, 7) is 5.49. The first kappa shape index (κ1) is 25.2. The van der Waals surface area contributed by atoms with Gasteiger partial charge in [0.15, 0.2) is 5.13 Å². The minimum Gasteiger partial charge on any atom is -0.457 e. The Bertz CT molecular complexity index is 1370. The van der Waals surface area contributed by atoms with E-state index in [0.29, 0.717) is 0 Å². The normalized spacial score (nSPS) is 21.0. The topological polar surface area (TPSA) is 73.8 Å². The van der Waals surface area contributed by atoms with E-state index in [1.54, 1.807) is 17.5 Å². The summed E-state index contributed by atoms with van der Waals surface area (Å²) in [7, 11) is 2.19. The number of hydrogen-bond acceptors (Lipinski definition) is 8. The maximum Gasteiger partial charge on any atom is 0.184 e. The molecule has 0 spiro atoms. The fraction of sp³-hybridized carbons (Fsp3) is 0.400. The molecule has 2 atom stereocenters. The summed E-state index contributed by atoms with van der Waals surface area (Å²) < 4.78 is 7.28. The van der Waals surface area contributed by atoms with Gasteiger partial charge in [-0.2, -0.15) is 0 Å². The molecule has 1 aliphatic heterocycles. The number of nitrogens with one attached hydrogen (secondary N) is 1. The van der Waals surface area contributed by atoms with E-state index in [0.717, 1.165) is 96.5 Å². The van der Waals surface area contributed by atoms with Crippen LogP contribution in [-0.4, -0.2) is 70.2 Å². The highest BCUT2D eigenvalue weighted by Crippen LogP contribution is 2.33. The van der Waals surface area contributed by atoms with Crippen LogP contribution in [0.4, 0.5) is 5.13 Å². The number of benzene rings is 2. The van der Waals surface area contributed by atoms with Gasteiger partial charge in [-0.3, -0.25) is 9.88 Å². The lowest BCUT2D eigenvalue weighted by Gasteiger charge is -2.32. The number of ether oxygens (including phenoxy) is 1. The van der Waals surface area contributed by atoms with Crippen molar-refractivity contribution in [2.24, 2.45) is 0 Å². The van der Waals surface area contributed by atoms with E-state index in [4.69, 9.17) is 9.72 Å². The molecule has 0 radical (unpaired) electrons. The van der Waals surface area contributed by atoms with Gasteiger partial charge in [-0.1, -0.05) is 48.4 Å². The van der Waals surface area contributed by atoms with Crippen LogP contribution in [0.1, 0.15) is 31.2 Å². The number of thiazole rings is 1. The van der Waals surface area contributed by atoms with Crippen LogP contribution in [0.3, 0.4) is 0 Å². The van der Waals surface area contributed by atoms with E-state index in [1.807, 2.05) is 30.3 Å². The van der Waals surface area contributed by atoms with Crippen LogP contribution in [0.15, 0.2) is 60.8 Å². The lowest BCUT2D eigenvalue weighted by atomic mass is 9.93. The summed E-state index contributed by atoms with van der Waals surface area (Å²) in [5, 5.41) is 14.6. The van der Waals surface area contributed by atoms with Crippen LogP contribution < -0.4 is 10.1 Å². The third-order valence-corrected chi connectivity index (χ3v) is 8.57. The van der Waals surface area contributed by atoms with Crippen molar-refractivity contribution in [3.63, 3.8) is 0 Å². The lowest BCUT2D eigenvalue weighted by Crippen LogP contribution is -2.43. The monoisotopic (exact) mass is 529 g/mol. The van der Waals surface area contributed by atoms with E-state index in [1.165, 1.54) is 5.56 Å². The standard InChI is InChI=1S/C30H35N5O2S/c1-34-14-16-35(17-15-34)20-21-6-8-22(9-7-21)27-18-24(12-13-31-27)37-23-10-11-26-29(19-23)38-30(33-26)32-25-4-2-3-5-28(25)36/h6-13,18-19,25,28,36H,2-5,14-17,20H2,1H3,(H,32,33)/t25-,28-/m1/s1. The molecule has 0 bridgehead atoms. The average molecular weight is 530 g/mol. The Hall–Kier alpha value is -3.04. The first-order valence-corrected chi connectivity index (χ1v) is 14.4. The second-order valence-electron chi connectivity index (χ2n) is 10.5. The molecule has 1 aliphatic carbocycles. The fourth-order valence-corrected chi connectivity index (χ4v) is 6.24. The molecule has 2 aromatic heterocycles. The maximum atomic E-state index is 10.3. The molecule has 2 aliphatic rings. The van der Waals surface area contributed by atoms with Crippen LogP contribution >= 0.6 is 11.3 Å². The number of aliphatic hydroxyl groups is 1. The van der Waals surface area contributed by atoms with Crippen molar-refractivity contribution in [2.45, 2.75) is 44.4 Å². The van der Waals surface area contributed by atoms with Gasteiger partial charge in [-0.05, 0) is 43.7 Å². The number of pyridine rings is 1. The molecule has 198 valence electrons. The van der Waals surface area contributed by atoms with Crippen molar-refractivity contribution >= 4 is 26.7 Å². The second-order valence-corrected chi connectivity index (χ2v) is 11.5. The minimum atomic E-state index is -0.302. The highest BCUT2D eigenvalue weighted by molar-refractivity contribution is 7.22. The Balaban J connectivity index is 1.11. The zero-order valence-electron chi connectivity index (χ0n) is 21.8. The Kier molecular flexibility index (Phi) is 7.56. The van der Waals surface area contributed by atoms with Gasteiger partial charge in [0.25, 0.3) is 0 Å². The molecular formula is C30H35N5O2S. The molecule has 2 fully saturated rings. The second kappa shape index (κ2) is 11.4. The van der Waals surface area contributed by atoms with Gasteiger partial charge in [-0.25, -0.2) is 4.98 Å². The summed E-state index contributed by atoms with van der Waals surface area (Å²) in [5.41, 5.74) is 4.23. The van der Waals surface area contributed by atoms with Crippen LogP contribution in [0, 0.1) is 0 Å². The quantitative estimate of drug-likeness (QED) is 0.322. The third-order valence-electron chi connectivity index (χ3n) is 7.62. The Morgan fingerprint density at radius 2 is 1.76 bits per heavy atom. The van der Waals surface area contributed by atoms with Gasteiger partial charge >= 0.3 is 0 Å². The van der Waals surface area contributed by atoms with E-state index in [2.05, 4.69) is 51.4 Å². The van der Waals surface area contributed by atoms with E-state index >= 15 is 0 Å². The zero-order valence-corrected chi connectivity index (χ0v) is 22.7. The van der Waals surface area contributed by atoms with Crippen LogP contribution in [-0.2, 0) is 6.54 Å². The molecule has 0 unspecified atom stereocenters. The number of piperazine rings is 1. The van der Waals surface area contributed by atoms with Crippen molar-refractivity contribution in [3.05, 3.63) is 66.4 Å². The Morgan fingerprint density at radius 3 is 2.58 bits per heavy atom. The van der Waals surface area contributed by atoms with Crippen molar-refractivity contribution in [2.75, 3.05) is 38.5 Å². The first-order chi connectivity index (χ1) is 18.6. The summed E-state index contributed by atoms with van der Waals surface area (Å²) in [6.07, 6.45) is 5.57. The number of nitrogens with zero attached hydrogens (tertiary/aromatic N) is 4. The number of anilines is 1. The van der Waals surface area contributed by atoms with Crippen LogP contribution in [0.2, 0.25) is 0 Å². The molecule has 0 amide bonds. The van der Waals surface area contributed by atoms with Gasteiger partial charge in [0, 0.05) is 56.6 Å². The van der Waals surface area contributed by atoms with Gasteiger partial charge in [0.05, 0.1) is 28.1 Å². The number of aliphatic hydroxyl groups excluding tert-OH is 1. The molecule has 6 rings (SSSR count). The smallest absolute Gasteiger partial charge is 0.184 e. The number of fused-ring (bicyclic) bond motifs is 1. The Labute approximate surface area is 228 Å². The van der Waals surface area contributed by atoms with Crippen molar-refractivity contribution in [1.82, 2.24) is 19.8 Å². The van der Waals surface area contributed by atoms with Gasteiger partial charge in [-0.15, -0.1) is 0 Å². The van der Waals surface area contributed by atoms with Crippen LogP contribution in [0.25, 0.3) is 21.5 Å². The molecular weight excluding hydrogens is 494 g/mol. The molecule has 1 saturated heterocycles. The SMILES string of the molecule is CN1CCN(Cc2ccc(-c3cc(Oc4ccc5nc(N[C@@H]6CCCC[C@H]6O)sc5c4)ccn3)cc2)CC1. The zero-order chi connectivity index (χ0) is 25.9. The lowest BCUT2D eigenvalue weighted by molar-refractivity contribution is 0.116. The molecule has 3 heterocycles. The van der Waals surface area contributed by atoms with Crippen molar-refractivity contribution < 1.29 is 9.84 Å². The fourth-order valence-electron chi connectivity index (χ4n) is 5.28. The number of rotatable bonds is 7. The summed E-state index contributed by atoms with van der Waals surface area (Å²) in [5.74, 6) is 1.52. The molecule has 7 nitrogen and oxygen atoms in total. The predicted octanol–water partition coefficient (Wildman–Crippen LogP) is 5.61. The van der Waals surface area contributed by atoms with Gasteiger partial charge < -0.3 is 20.1 Å². The highest BCUT2D eigenvalue weighted by Gasteiger charge is 2.23. The molecule has 1 saturated carbocycles. The molecule has 2 aromatic carbocycles. The first-order valence-electron chi connectivity index (χ1n) is 13.6. The largest absolute Gasteiger partial charge is 0.457 e. The highest BCUT2D eigenvalue weighted by atomic mass is 32.1. The minimum absolute atomic E-state index is 0.0797. The maximum absolute atomic E-state index is 10.3. The van der Waals surface area contributed by atoms with Gasteiger partial charge in [0.1, 0.15) is 11.5 Å². The summed E-state index contributed by atoms with van der Waals surface area (Å²) >= 11 is 1.60. The average Bonchev–Trinajstić information content (AvgIpc) is 3.33. The molecule has 2 N–H and O–H groups in total. The Morgan fingerprint density at radius 1 is 0.974 bits per heavy atom. The van der Waals surface area contributed by atoms with Gasteiger partial charge in [0.2, 0.25) is 0 Å². The molecule has 38 heavy (non-hydrogen) atoms. The van der Waals surface area contributed by atoms with Crippen molar-refractivity contribution in [3.8, 4) is 22.8 Å². The number of hydrogen-bond donors (Lipinski definition) is 2. The summed E-state index contributed by atoms with van der Waals surface area (Å²) in [4.78, 5) is 14.2. The molecule has 4 aromatic rings. The molecule has 8 heteroatoms. The third kappa shape index (κ3) is 5.99. The van der Waals surface area contributed by atoms with E-state index in [9.17, 15) is 5.11 Å². The number of aromatic nitrogens is 2. The van der Waals surface area contributed by atoms with E-state index < -0.39 is 0 Å². The summed E-state index contributed by atoms with van der Waals surface area (Å²) in [6, 6.07) is 18.6. The number of likely N-dealkylation sites (N-methyl/N-ethyl adjacent to an activating group) is 1. The van der Waals surface area contributed by atoms with E-state index in [-0.39, 0.29) is 12.1 Å². The van der Waals surface area contributed by atoms with Crippen LogP contribution in [0.5, 0.6) is 11.5 Å². The predicted molar refractivity (Wildman–Crippen MR) is 154 cm³/mol.